The van der Waals surface area contributed by atoms with Crippen molar-refractivity contribution in [1.29, 1.82) is 0 Å². The second kappa shape index (κ2) is 5.53. The summed E-state index contributed by atoms with van der Waals surface area (Å²) in [5, 5.41) is 3.80. The molecule has 1 aliphatic rings. The number of hydrogen-bond donors (Lipinski definition) is 1. The molecule has 96 valence electrons. The highest BCUT2D eigenvalue weighted by Crippen LogP contribution is 2.37. The quantitative estimate of drug-likeness (QED) is 0.743. The fraction of sp³-hybridized carbons (Fsp3) is 1.00. The average Bonchev–Trinajstić information content (AvgIpc) is 2.44. The first-order valence-electron chi connectivity index (χ1n) is 7.05. The molecule has 1 rings (SSSR count). The lowest BCUT2D eigenvalue weighted by atomic mass is 9.85. The van der Waals surface area contributed by atoms with Gasteiger partial charge in [0.2, 0.25) is 0 Å². The highest BCUT2D eigenvalue weighted by atomic mass is 14.9. The van der Waals surface area contributed by atoms with Crippen molar-refractivity contribution in [2.75, 3.05) is 6.54 Å². The average molecular weight is 225 g/mol. The molecule has 0 aromatic heterocycles. The molecule has 1 atom stereocenters. The molecule has 1 aliphatic carbocycles. The SMILES string of the molecule is CC(C)C(CNC1CCC(C)(C)C1)C(C)C. The second-order valence-electron chi connectivity index (χ2n) is 7.16. The van der Waals surface area contributed by atoms with Crippen molar-refractivity contribution in [3.8, 4) is 0 Å². The fourth-order valence-corrected chi connectivity index (χ4v) is 3.15. The van der Waals surface area contributed by atoms with Crippen molar-refractivity contribution in [3.05, 3.63) is 0 Å². The molecule has 0 aromatic rings. The van der Waals surface area contributed by atoms with Gasteiger partial charge in [-0.3, -0.25) is 0 Å². The third-order valence-corrected chi connectivity index (χ3v) is 4.32. The summed E-state index contributed by atoms with van der Waals surface area (Å²) in [6, 6.07) is 0.773. The monoisotopic (exact) mass is 225 g/mol. The predicted octanol–water partition coefficient (Wildman–Crippen LogP) is 4.08. The molecule has 0 heterocycles. The molecular formula is C15H31N. The van der Waals surface area contributed by atoms with Gasteiger partial charge in [0.05, 0.1) is 0 Å². The van der Waals surface area contributed by atoms with Gasteiger partial charge in [-0.15, -0.1) is 0 Å². The van der Waals surface area contributed by atoms with Crippen LogP contribution in [0.5, 0.6) is 0 Å². The minimum Gasteiger partial charge on any atom is -0.314 e. The van der Waals surface area contributed by atoms with Crippen LogP contribution in [0.4, 0.5) is 0 Å². The van der Waals surface area contributed by atoms with Crippen LogP contribution in [-0.2, 0) is 0 Å². The van der Waals surface area contributed by atoms with Gasteiger partial charge in [-0.1, -0.05) is 41.5 Å². The predicted molar refractivity (Wildman–Crippen MR) is 72.6 cm³/mol. The highest BCUT2D eigenvalue weighted by molar-refractivity contribution is 4.87. The molecule has 0 spiro atoms. The van der Waals surface area contributed by atoms with Gasteiger partial charge in [0.25, 0.3) is 0 Å². The molecule has 0 amide bonds. The topological polar surface area (TPSA) is 12.0 Å². The van der Waals surface area contributed by atoms with Crippen LogP contribution in [0.25, 0.3) is 0 Å². The fourth-order valence-electron chi connectivity index (χ4n) is 3.15. The molecule has 0 aliphatic heterocycles. The van der Waals surface area contributed by atoms with Gasteiger partial charge in [0.15, 0.2) is 0 Å². The third kappa shape index (κ3) is 4.08. The van der Waals surface area contributed by atoms with Gasteiger partial charge in [-0.05, 0) is 49.0 Å². The molecular weight excluding hydrogens is 194 g/mol. The first-order chi connectivity index (χ1) is 7.32. The van der Waals surface area contributed by atoms with Crippen LogP contribution in [0.2, 0.25) is 0 Å². The van der Waals surface area contributed by atoms with E-state index in [9.17, 15) is 0 Å². The summed E-state index contributed by atoms with van der Waals surface area (Å²) in [6.07, 6.45) is 4.12. The Morgan fingerprint density at radius 3 is 2.06 bits per heavy atom. The van der Waals surface area contributed by atoms with Crippen molar-refractivity contribution < 1.29 is 0 Å². The van der Waals surface area contributed by atoms with Crippen molar-refractivity contribution in [2.45, 2.75) is 66.8 Å². The number of nitrogens with one attached hydrogen (secondary N) is 1. The minimum absolute atomic E-state index is 0.572. The largest absolute Gasteiger partial charge is 0.314 e. The summed E-state index contributed by atoms with van der Waals surface area (Å²) in [5.74, 6) is 2.41. The molecule has 1 saturated carbocycles. The molecule has 0 radical (unpaired) electrons. The molecule has 0 saturated heterocycles. The maximum Gasteiger partial charge on any atom is 0.00724 e. The molecule has 1 unspecified atom stereocenters. The van der Waals surface area contributed by atoms with Crippen LogP contribution >= 0.6 is 0 Å². The normalized spacial score (nSPS) is 24.9. The van der Waals surface area contributed by atoms with Crippen molar-refractivity contribution in [3.63, 3.8) is 0 Å². The van der Waals surface area contributed by atoms with Gasteiger partial charge >= 0.3 is 0 Å². The summed E-state index contributed by atoms with van der Waals surface area (Å²) in [4.78, 5) is 0. The zero-order chi connectivity index (χ0) is 12.3. The Morgan fingerprint density at radius 1 is 1.12 bits per heavy atom. The summed E-state index contributed by atoms with van der Waals surface area (Å²) in [5.41, 5.74) is 0.572. The molecule has 1 nitrogen and oxygen atoms in total. The molecule has 16 heavy (non-hydrogen) atoms. The van der Waals surface area contributed by atoms with Crippen LogP contribution in [0.3, 0.4) is 0 Å². The first-order valence-corrected chi connectivity index (χ1v) is 7.05. The maximum absolute atomic E-state index is 3.80. The Hall–Kier alpha value is -0.0400. The lowest BCUT2D eigenvalue weighted by molar-refractivity contribution is 0.261. The third-order valence-electron chi connectivity index (χ3n) is 4.32. The van der Waals surface area contributed by atoms with Crippen molar-refractivity contribution in [2.24, 2.45) is 23.2 Å². The molecule has 1 fully saturated rings. The number of rotatable bonds is 5. The van der Waals surface area contributed by atoms with Gasteiger partial charge in [-0.25, -0.2) is 0 Å². The van der Waals surface area contributed by atoms with E-state index in [2.05, 4.69) is 46.9 Å². The van der Waals surface area contributed by atoms with Gasteiger partial charge in [-0.2, -0.15) is 0 Å². The van der Waals surface area contributed by atoms with E-state index < -0.39 is 0 Å². The van der Waals surface area contributed by atoms with E-state index in [4.69, 9.17) is 0 Å². The molecule has 1 N–H and O–H groups in total. The van der Waals surface area contributed by atoms with Crippen LogP contribution in [0.1, 0.15) is 60.8 Å². The van der Waals surface area contributed by atoms with E-state index in [1.807, 2.05) is 0 Å². The smallest absolute Gasteiger partial charge is 0.00724 e. The van der Waals surface area contributed by atoms with E-state index in [-0.39, 0.29) is 0 Å². The first kappa shape index (κ1) is 14.0. The summed E-state index contributed by atoms with van der Waals surface area (Å²) in [6.45, 7) is 15.4. The maximum atomic E-state index is 3.80. The summed E-state index contributed by atoms with van der Waals surface area (Å²) >= 11 is 0. The van der Waals surface area contributed by atoms with Crippen LogP contribution < -0.4 is 5.32 Å². The second-order valence-corrected chi connectivity index (χ2v) is 7.16. The van der Waals surface area contributed by atoms with E-state index in [1.165, 1.54) is 25.8 Å². The van der Waals surface area contributed by atoms with Crippen molar-refractivity contribution >= 4 is 0 Å². The van der Waals surface area contributed by atoms with Crippen molar-refractivity contribution in [1.82, 2.24) is 5.32 Å². The zero-order valence-electron chi connectivity index (χ0n) is 12.1. The van der Waals surface area contributed by atoms with Crippen LogP contribution in [0.15, 0.2) is 0 Å². The highest BCUT2D eigenvalue weighted by Gasteiger charge is 2.31. The minimum atomic E-state index is 0.572. The summed E-state index contributed by atoms with van der Waals surface area (Å²) < 4.78 is 0. The Kier molecular flexibility index (Phi) is 4.85. The Morgan fingerprint density at radius 2 is 1.69 bits per heavy atom. The standard InChI is InChI=1S/C15H31N/c1-11(2)14(12(3)4)10-16-13-7-8-15(5,6)9-13/h11-14,16H,7-10H2,1-6H3. The van der Waals surface area contributed by atoms with Crippen LogP contribution in [-0.4, -0.2) is 12.6 Å². The summed E-state index contributed by atoms with van der Waals surface area (Å²) in [7, 11) is 0. The van der Waals surface area contributed by atoms with E-state index >= 15 is 0 Å². The Bertz CT molecular complexity index is 197. The molecule has 0 aromatic carbocycles. The Balaban J connectivity index is 2.34. The molecule has 1 heteroatoms. The zero-order valence-corrected chi connectivity index (χ0v) is 12.1. The van der Waals surface area contributed by atoms with Gasteiger partial charge in [0, 0.05) is 6.04 Å². The van der Waals surface area contributed by atoms with E-state index in [0.717, 1.165) is 23.8 Å². The molecule has 0 bridgehead atoms. The lowest BCUT2D eigenvalue weighted by Gasteiger charge is -2.27. The van der Waals surface area contributed by atoms with Crippen LogP contribution in [0, 0.1) is 23.2 Å². The van der Waals surface area contributed by atoms with E-state index in [1.54, 1.807) is 0 Å². The van der Waals surface area contributed by atoms with Gasteiger partial charge in [0.1, 0.15) is 0 Å². The Labute approximate surface area is 102 Å². The number of hydrogen-bond acceptors (Lipinski definition) is 1. The van der Waals surface area contributed by atoms with E-state index in [0.29, 0.717) is 5.41 Å². The lowest BCUT2D eigenvalue weighted by Crippen LogP contribution is -2.35. The van der Waals surface area contributed by atoms with Gasteiger partial charge < -0.3 is 5.32 Å².